The van der Waals surface area contributed by atoms with Gasteiger partial charge in [-0.1, -0.05) is 58.2 Å². The van der Waals surface area contributed by atoms with Crippen LogP contribution in [-0.4, -0.2) is 89.8 Å². The number of thioether (sulfide) groups is 3. The van der Waals surface area contributed by atoms with Crippen LogP contribution >= 0.6 is 69.8 Å². The molecule has 0 radical (unpaired) electrons. The molecule has 2 aliphatic heterocycles. The van der Waals surface area contributed by atoms with Gasteiger partial charge in [-0.15, -0.1) is 28.6 Å². The number of rotatable bonds is 12. The van der Waals surface area contributed by atoms with Crippen LogP contribution in [0.1, 0.15) is 25.2 Å². The van der Waals surface area contributed by atoms with Crippen LogP contribution in [0.25, 0.3) is 0 Å². The van der Waals surface area contributed by atoms with E-state index in [1.54, 1.807) is 18.8 Å². The van der Waals surface area contributed by atoms with Gasteiger partial charge >= 0.3 is 5.97 Å². The maximum absolute atomic E-state index is 13.1. The molecule has 7 N–H and O–H groups in total. The highest BCUT2D eigenvalue weighted by molar-refractivity contribution is 8.07. The van der Waals surface area contributed by atoms with Crippen molar-refractivity contribution in [2.24, 2.45) is 5.16 Å². The van der Waals surface area contributed by atoms with Gasteiger partial charge in [-0.25, -0.2) is 9.78 Å². The van der Waals surface area contributed by atoms with Crippen LogP contribution in [-0.2, 0) is 19.4 Å². The van der Waals surface area contributed by atoms with Gasteiger partial charge < -0.3 is 21.4 Å². The fourth-order valence-electron chi connectivity index (χ4n) is 4.07. The maximum atomic E-state index is 13.1. The molecule has 14 nitrogen and oxygen atoms in total. The second-order valence-corrected chi connectivity index (χ2v) is 14.3. The minimum absolute atomic E-state index is 0.0394. The number of carbonyl (C=O) groups is 3. The van der Waals surface area contributed by atoms with Crippen LogP contribution in [0.5, 0.6) is 0 Å². The molecule has 1 fully saturated rings. The zero-order chi connectivity index (χ0) is 29.2. The van der Waals surface area contributed by atoms with E-state index in [1.807, 2.05) is 13.8 Å². The zero-order valence-corrected chi connectivity index (χ0v) is 26.0. The highest BCUT2D eigenvalue weighted by Crippen LogP contribution is 2.48. The fraction of sp³-hybridized carbons (Fsp3) is 0.450. The van der Waals surface area contributed by atoms with Crippen molar-refractivity contribution >= 4 is 98.4 Å². The lowest BCUT2D eigenvalue weighted by atomic mass is 10.0. The van der Waals surface area contributed by atoms with Crippen LogP contribution < -0.4 is 21.7 Å². The molecule has 1 saturated heterocycles. The van der Waals surface area contributed by atoms with E-state index in [1.165, 1.54) is 23.5 Å². The molecule has 3 atom stereocenters. The molecule has 2 aromatic rings. The molecule has 40 heavy (non-hydrogen) atoms. The van der Waals surface area contributed by atoms with Crippen LogP contribution in [0.15, 0.2) is 20.0 Å². The summed E-state index contributed by atoms with van der Waals surface area (Å²) in [7, 11) is 1.81. The first-order chi connectivity index (χ1) is 19.1. The molecular formula is C20H24ClN9O5S5. The average Bonchev–Trinajstić information content (AvgIpc) is 3.52. The number of nitrogens with two attached hydrogens (primary N) is 1. The molecule has 4 rings (SSSR count). The Hall–Kier alpha value is -2.13. The first kappa shape index (κ1) is 30.8. The molecule has 2 aliphatic rings. The number of aliphatic carboxylic acids is 1. The quantitative estimate of drug-likeness (QED) is 0.0626. The summed E-state index contributed by atoms with van der Waals surface area (Å²) >= 11 is 12.2. The summed E-state index contributed by atoms with van der Waals surface area (Å²) in [6.07, 6.45) is 0. The number of anilines is 1. The SMILES string of the molecule is CCNC(NC)(SCC)c1nnsc1SC1=C(C(=O)O)N2C(=O)[C@@H](NC(=O)/C(=N\O)c3nc(N)sc3Cl)[C@H]2SC1. The summed E-state index contributed by atoms with van der Waals surface area (Å²) in [5.41, 5.74) is 5.42. The predicted molar refractivity (Wildman–Crippen MR) is 158 cm³/mol. The van der Waals surface area contributed by atoms with Crippen molar-refractivity contribution in [3.63, 3.8) is 0 Å². The highest BCUT2D eigenvalue weighted by Gasteiger charge is 2.55. The molecular weight excluding hydrogens is 642 g/mol. The van der Waals surface area contributed by atoms with Crippen molar-refractivity contribution in [3.05, 3.63) is 26.3 Å². The number of amides is 2. The average molecular weight is 666 g/mol. The van der Waals surface area contributed by atoms with Gasteiger partial charge in [-0.2, -0.15) is 0 Å². The third-order valence-corrected chi connectivity index (χ3v) is 11.5. The maximum Gasteiger partial charge on any atom is 0.353 e. The number of aromatic nitrogens is 3. The van der Waals surface area contributed by atoms with Gasteiger partial charge in [0.1, 0.15) is 37.0 Å². The Kier molecular flexibility index (Phi) is 9.87. The van der Waals surface area contributed by atoms with Crippen LogP contribution in [0.4, 0.5) is 5.13 Å². The number of thiazole rings is 1. The van der Waals surface area contributed by atoms with Gasteiger partial charge in [-0.05, 0) is 30.9 Å². The minimum Gasteiger partial charge on any atom is -0.477 e. The first-order valence-electron chi connectivity index (χ1n) is 11.6. The summed E-state index contributed by atoms with van der Waals surface area (Å²) in [5.74, 6) is -1.77. The number of carboxylic acids is 1. The molecule has 2 aromatic heterocycles. The summed E-state index contributed by atoms with van der Waals surface area (Å²) in [6, 6.07) is -1.06. The molecule has 2 amide bonds. The van der Waals surface area contributed by atoms with E-state index >= 15 is 0 Å². The number of hydrogen-bond acceptors (Lipinski definition) is 16. The van der Waals surface area contributed by atoms with Crippen molar-refractivity contribution < 1.29 is 24.7 Å². The van der Waals surface area contributed by atoms with Crippen LogP contribution in [0, 0.1) is 0 Å². The molecule has 1 unspecified atom stereocenters. The minimum atomic E-state index is -1.28. The standard InChI is InChI=1S/C20H24ClN9O5S5/c1-4-24-20(23-3,37-5-2)12-18(40-29-27-12)38-7-6-36-16-10(15(32)30(16)11(7)17(33)34)25-14(31)9(28-35)8-13(21)39-19(22)26-8/h10,16,23-24,35H,4-6H2,1-3H3,(H2,22,26)(H,25,31)(H,33,34)/b28-9-/t10-,16-,20?/m1/s1. The number of β-lactam (4-membered cyclic amide) rings is 1. The predicted octanol–water partition coefficient (Wildman–Crippen LogP) is 1.59. The van der Waals surface area contributed by atoms with Crippen molar-refractivity contribution in [3.8, 4) is 0 Å². The fourth-order valence-corrected chi connectivity index (χ4v) is 9.68. The van der Waals surface area contributed by atoms with Crippen molar-refractivity contribution in [2.75, 3.05) is 30.8 Å². The lowest BCUT2D eigenvalue weighted by Crippen LogP contribution is -2.71. The van der Waals surface area contributed by atoms with E-state index in [0.717, 1.165) is 33.5 Å². The van der Waals surface area contributed by atoms with Crippen LogP contribution in [0.2, 0.25) is 4.34 Å². The zero-order valence-electron chi connectivity index (χ0n) is 21.1. The number of fused-ring (bicyclic) bond motifs is 1. The molecule has 0 aliphatic carbocycles. The molecule has 4 heterocycles. The molecule has 216 valence electrons. The number of hydrogen-bond donors (Lipinski definition) is 6. The summed E-state index contributed by atoms with van der Waals surface area (Å²) in [6.45, 7) is 4.64. The van der Waals surface area contributed by atoms with E-state index in [0.29, 0.717) is 21.4 Å². The summed E-state index contributed by atoms with van der Waals surface area (Å²) in [4.78, 5) is 43.1. The van der Waals surface area contributed by atoms with Gasteiger partial charge in [0.15, 0.2) is 15.8 Å². The summed E-state index contributed by atoms with van der Waals surface area (Å²) in [5, 5.41) is 35.4. The number of carboxylic acid groups (broad SMARTS) is 1. The largest absolute Gasteiger partial charge is 0.477 e. The monoisotopic (exact) mass is 665 g/mol. The van der Waals surface area contributed by atoms with Crippen molar-refractivity contribution in [2.45, 2.75) is 34.5 Å². The van der Waals surface area contributed by atoms with Gasteiger partial charge in [0.25, 0.3) is 11.8 Å². The van der Waals surface area contributed by atoms with Gasteiger partial charge in [0.2, 0.25) is 0 Å². The third-order valence-electron chi connectivity index (χ3n) is 5.71. The van der Waals surface area contributed by atoms with E-state index in [-0.39, 0.29) is 26.6 Å². The van der Waals surface area contributed by atoms with Gasteiger partial charge in [0, 0.05) is 10.7 Å². The van der Waals surface area contributed by atoms with E-state index in [9.17, 15) is 24.7 Å². The molecule has 0 saturated carbocycles. The normalized spacial score (nSPS) is 20.6. The van der Waals surface area contributed by atoms with Crippen LogP contribution in [0.3, 0.4) is 0 Å². The Morgan fingerprint density at radius 1 is 1.38 bits per heavy atom. The Morgan fingerprint density at radius 3 is 2.70 bits per heavy atom. The van der Waals surface area contributed by atoms with Gasteiger partial charge in [0.05, 0.1) is 0 Å². The lowest BCUT2D eigenvalue weighted by Gasteiger charge is -2.49. The molecule has 20 heteroatoms. The first-order valence-corrected chi connectivity index (χ1v) is 16.4. The highest BCUT2D eigenvalue weighted by atomic mass is 35.5. The smallest absolute Gasteiger partial charge is 0.353 e. The van der Waals surface area contributed by atoms with Gasteiger partial charge in [-0.3, -0.25) is 25.1 Å². The Bertz CT molecular complexity index is 1380. The lowest BCUT2D eigenvalue weighted by molar-refractivity contribution is -0.150. The van der Waals surface area contributed by atoms with E-state index in [4.69, 9.17) is 17.3 Å². The van der Waals surface area contributed by atoms with Crippen molar-refractivity contribution in [1.29, 1.82) is 0 Å². The second kappa shape index (κ2) is 12.8. The number of oxime groups is 1. The third kappa shape index (κ3) is 5.65. The Morgan fingerprint density at radius 2 is 2.12 bits per heavy atom. The number of nitrogens with one attached hydrogen (secondary N) is 3. The molecule has 0 aromatic carbocycles. The van der Waals surface area contributed by atoms with E-state index in [2.05, 4.69) is 35.7 Å². The number of nitrogen functional groups attached to an aromatic ring is 1. The topological polar surface area (TPSA) is 208 Å². The number of halogens is 1. The Labute approximate surface area is 254 Å². The summed E-state index contributed by atoms with van der Waals surface area (Å²) < 4.78 is 4.84. The second-order valence-electron chi connectivity index (χ2n) is 7.97. The number of carbonyl (C=O) groups excluding carboxylic acids is 2. The number of nitrogens with zero attached hydrogens (tertiary/aromatic N) is 5. The molecule has 0 bridgehead atoms. The Balaban J connectivity index is 1.57. The molecule has 0 spiro atoms. The van der Waals surface area contributed by atoms with E-state index < -0.39 is 39.9 Å². The van der Waals surface area contributed by atoms with Crippen molar-refractivity contribution in [1.82, 2.24) is 35.4 Å².